The number of hydrogen-bond donors (Lipinski definition) is 0. The largest absolute Gasteiger partial charge is 0.345 e. The van der Waals surface area contributed by atoms with Crippen molar-refractivity contribution < 1.29 is 0 Å². The van der Waals surface area contributed by atoms with Crippen molar-refractivity contribution in [1.29, 1.82) is 0 Å². The zero-order chi connectivity index (χ0) is 23.1. The van der Waals surface area contributed by atoms with Crippen LogP contribution < -0.4 is 0 Å². The minimum Gasteiger partial charge on any atom is -0.345 e. The lowest BCUT2D eigenvalue weighted by molar-refractivity contribution is 0.274. The molecule has 32 heavy (non-hydrogen) atoms. The highest BCUT2D eigenvalue weighted by Crippen LogP contribution is 2.39. The van der Waals surface area contributed by atoms with E-state index in [4.69, 9.17) is 0 Å². The number of allylic oxidation sites excluding steroid dienone is 5. The summed E-state index contributed by atoms with van der Waals surface area (Å²) in [5.74, 6) is 0. The van der Waals surface area contributed by atoms with Crippen molar-refractivity contribution in [2.24, 2.45) is 5.41 Å². The van der Waals surface area contributed by atoms with Crippen LogP contribution in [0.2, 0.25) is 0 Å². The second kappa shape index (κ2) is 11.2. The summed E-state index contributed by atoms with van der Waals surface area (Å²) in [4.78, 5) is 2.46. The molecule has 0 atom stereocenters. The lowest BCUT2D eigenvalue weighted by atomic mass is 9.75. The fourth-order valence-corrected chi connectivity index (χ4v) is 5.89. The Labute approximate surface area is 198 Å². The molecule has 1 heterocycles. The summed E-state index contributed by atoms with van der Waals surface area (Å²) >= 11 is 0. The maximum Gasteiger partial charge on any atom is 0.0397 e. The van der Waals surface area contributed by atoms with Crippen molar-refractivity contribution in [2.45, 2.75) is 98.3 Å². The van der Waals surface area contributed by atoms with Gasteiger partial charge in [0.15, 0.2) is 0 Å². The summed E-state index contributed by atoms with van der Waals surface area (Å²) in [5.41, 5.74) is 10.2. The van der Waals surface area contributed by atoms with E-state index in [2.05, 4.69) is 76.1 Å². The van der Waals surface area contributed by atoms with Gasteiger partial charge in [-0.05, 0) is 91.0 Å². The third-order valence-corrected chi connectivity index (χ3v) is 7.48. The average Bonchev–Trinajstić information content (AvgIpc) is 3.21. The van der Waals surface area contributed by atoms with E-state index in [1.54, 1.807) is 0 Å². The molecule has 1 nitrogen and oxygen atoms in total. The minimum absolute atomic E-state index is 0.374. The van der Waals surface area contributed by atoms with Crippen LogP contribution >= 0.6 is 0 Å². The van der Waals surface area contributed by atoms with Crippen LogP contribution in [0, 0.1) is 5.41 Å². The number of nitrogens with zero attached hydrogens (tertiary/aromatic N) is 1. The van der Waals surface area contributed by atoms with Crippen LogP contribution in [0.25, 0.3) is 5.57 Å². The fraction of sp³-hybridized carbons (Fsp3) is 0.548. The molecule has 1 aliphatic carbocycles. The van der Waals surface area contributed by atoms with Crippen molar-refractivity contribution in [1.82, 2.24) is 4.90 Å². The van der Waals surface area contributed by atoms with E-state index in [1.807, 2.05) is 0 Å². The number of likely N-dealkylation sites (tertiary alicyclic amines) is 1. The van der Waals surface area contributed by atoms with Gasteiger partial charge >= 0.3 is 0 Å². The summed E-state index contributed by atoms with van der Waals surface area (Å²) < 4.78 is 0. The Balaban J connectivity index is 1.65. The zero-order valence-electron chi connectivity index (χ0n) is 21.2. The van der Waals surface area contributed by atoms with E-state index in [9.17, 15) is 0 Å². The van der Waals surface area contributed by atoms with Crippen molar-refractivity contribution in [3.05, 3.63) is 77.2 Å². The van der Waals surface area contributed by atoms with E-state index in [-0.39, 0.29) is 0 Å². The van der Waals surface area contributed by atoms with Crippen LogP contribution in [0.4, 0.5) is 0 Å². The Bertz CT molecular complexity index is 876. The van der Waals surface area contributed by atoms with Gasteiger partial charge in [-0.1, -0.05) is 84.0 Å². The molecule has 0 saturated carbocycles. The first-order chi connectivity index (χ1) is 15.4. The van der Waals surface area contributed by atoms with Gasteiger partial charge in [0.1, 0.15) is 0 Å². The summed E-state index contributed by atoms with van der Waals surface area (Å²) in [6, 6.07) is 7.11. The fourth-order valence-electron chi connectivity index (χ4n) is 5.89. The Morgan fingerprint density at radius 1 is 1.03 bits per heavy atom. The van der Waals surface area contributed by atoms with Crippen molar-refractivity contribution in [3.63, 3.8) is 0 Å². The molecule has 2 aliphatic rings. The molecule has 174 valence electrons. The number of aryl methyl sites for hydroxylation is 2. The third-order valence-electron chi connectivity index (χ3n) is 7.48. The number of rotatable bonds is 12. The molecule has 0 spiro atoms. The molecule has 0 bridgehead atoms. The summed E-state index contributed by atoms with van der Waals surface area (Å²) in [7, 11) is 0. The summed E-state index contributed by atoms with van der Waals surface area (Å²) in [5, 5.41) is 0. The Hall–Kier alpha value is -2.02. The Morgan fingerprint density at radius 3 is 2.44 bits per heavy atom. The highest BCUT2D eigenvalue weighted by Gasteiger charge is 2.26. The molecular formula is C31H45N. The van der Waals surface area contributed by atoms with E-state index < -0.39 is 0 Å². The van der Waals surface area contributed by atoms with Crippen molar-refractivity contribution in [2.75, 3.05) is 6.54 Å². The molecule has 1 aromatic carbocycles. The highest BCUT2D eigenvalue weighted by molar-refractivity contribution is 5.67. The van der Waals surface area contributed by atoms with E-state index in [0.29, 0.717) is 5.41 Å². The second-order valence-electron chi connectivity index (χ2n) is 10.3. The normalized spacial score (nSPS) is 15.9. The first kappa shape index (κ1) is 24.6. The van der Waals surface area contributed by atoms with Crippen LogP contribution in [0.15, 0.2) is 60.5 Å². The average molecular weight is 432 g/mol. The first-order valence-electron chi connectivity index (χ1n) is 13.1. The van der Waals surface area contributed by atoms with Gasteiger partial charge in [0.2, 0.25) is 0 Å². The predicted octanol–water partition coefficient (Wildman–Crippen LogP) is 9.01. The number of hydrogen-bond acceptors (Lipinski definition) is 1. The van der Waals surface area contributed by atoms with Crippen LogP contribution in [0.3, 0.4) is 0 Å². The Kier molecular flexibility index (Phi) is 8.63. The molecule has 1 heteroatoms. The van der Waals surface area contributed by atoms with Crippen molar-refractivity contribution in [3.8, 4) is 0 Å². The molecular weight excluding hydrogens is 386 g/mol. The Morgan fingerprint density at radius 2 is 1.75 bits per heavy atom. The van der Waals surface area contributed by atoms with Gasteiger partial charge < -0.3 is 4.90 Å². The standard InChI is InChI=1S/C31H45N/c1-7-19-31(6,20-8-2)23-24(4)29-17-16-26(22-27(29)9-3)15-14-25(5)32-21-18-28-12-10-11-13-30(28)32/h12-13,16-17,22H,4-5,7-11,14-15,18-21,23H2,1-3,6H3. The molecule has 0 amide bonds. The quantitative estimate of drug-likeness (QED) is 0.319. The maximum absolute atomic E-state index is 4.55. The summed E-state index contributed by atoms with van der Waals surface area (Å²) in [6.45, 7) is 19.4. The van der Waals surface area contributed by atoms with E-state index in [1.165, 1.54) is 84.2 Å². The van der Waals surface area contributed by atoms with Gasteiger partial charge in [-0.2, -0.15) is 0 Å². The van der Waals surface area contributed by atoms with Gasteiger partial charge in [0.05, 0.1) is 0 Å². The maximum atomic E-state index is 4.55. The molecule has 0 aromatic heterocycles. The van der Waals surface area contributed by atoms with Crippen LogP contribution in [0.1, 0.15) is 102 Å². The monoisotopic (exact) mass is 431 g/mol. The third kappa shape index (κ3) is 5.85. The molecule has 1 fully saturated rings. The predicted molar refractivity (Wildman–Crippen MR) is 142 cm³/mol. The smallest absolute Gasteiger partial charge is 0.0397 e. The van der Waals surface area contributed by atoms with Gasteiger partial charge in [-0.3, -0.25) is 0 Å². The van der Waals surface area contributed by atoms with Gasteiger partial charge in [-0.25, -0.2) is 0 Å². The SMILES string of the molecule is C=C(CC(C)(CCC)CCC)c1ccc(CCC(=C)N2CCC3=CCCC=C32)cc1CC. The number of fused-ring (bicyclic) bond motifs is 1. The van der Waals surface area contributed by atoms with E-state index >= 15 is 0 Å². The first-order valence-corrected chi connectivity index (χ1v) is 13.1. The van der Waals surface area contributed by atoms with Crippen LogP contribution in [0.5, 0.6) is 0 Å². The lowest BCUT2D eigenvalue weighted by Crippen LogP contribution is -2.17. The second-order valence-corrected chi connectivity index (χ2v) is 10.3. The highest BCUT2D eigenvalue weighted by atomic mass is 15.2. The molecule has 1 aromatic rings. The molecule has 0 radical (unpaired) electrons. The van der Waals surface area contributed by atoms with Gasteiger partial charge in [0, 0.05) is 17.9 Å². The van der Waals surface area contributed by atoms with E-state index in [0.717, 1.165) is 32.2 Å². The van der Waals surface area contributed by atoms with Gasteiger partial charge in [-0.15, -0.1) is 0 Å². The van der Waals surface area contributed by atoms with Gasteiger partial charge in [0.25, 0.3) is 0 Å². The topological polar surface area (TPSA) is 3.24 Å². The molecule has 0 N–H and O–H groups in total. The molecule has 1 aliphatic heterocycles. The zero-order valence-corrected chi connectivity index (χ0v) is 21.2. The molecule has 1 saturated heterocycles. The summed E-state index contributed by atoms with van der Waals surface area (Å²) in [6.07, 6.45) is 17.7. The minimum atomic E-state index is 0.374. The van der Waals surface area contributed by atoms with Crippen molar-refractivity contribution >= 4 is 5.57 Å². The number of benzene rings is 1. The molecule has 0 unspecified atom stereocenters. The lowest BCUT2D eigenvalue weighted by Gasteiger charge is -2.30. The van der Waals surface area contributed by atoms with Crippen LogP contribution in [-0.2, 0) is 12.8 Å². The van der Waals surface area contributed by atoms with Crippen LogP contribution in [-0.4, -0.2) is 11.4 Å². The molecule has 3 rings (SSSR count).